The van der Waals surface area contributed by atoms with E-state index in [1.54, 1.807) is 0 Å². The van der Waals surface area contributed by atoms with E-state index in [9.17, 15) is 26.7 Å². The topological polar surface area (TPSA) is 122 Å². The van der Waals surface area contributed by atoms with Gasteiger partial charge in [0.1, 0.15) is 11.7 Å². The summed E-state index contributed by atoms with van der Waals surface area (Å²) < 4.78 is 68.4. The molecule has 0 radical (unpaired) electrons. The van der Waals surface area contributed by atoms with Crippen LogP contribution >= 0.6 is 0 Å². The zero-order valence-electron chi connectivity index (χ0n) is 15.5. The molecule has 1 heterocycles. The number of aromatic nitrogens is 2. The van der Waals surface area contributed by atoms with Crippen LogP contribution in [-0.4, -0.2) is 53.2 Å². The van der Waals surface area contributed by atoms with Gasteiger partial charge in [0.15, 0.2) is 9.84 Å². The van der Waals surface area contributed by atoms with Crippen molar-refractivity contribution in [3.63, 3.8) is 0 Å². The fourth-order valence-electron chi connectivity index (χ4n) is 2.10. The maximum absolute atomic E-state index is 13.2. The van der Waals surface area contributed by atoms with Crippen molar-refractivity contribution < 1.29 is 36.5 Å². The highest BCUT2D eigenvalue weighted by molar-refractivity contribution is 7.91. The first-order valence-corrected chi connectivity index (χ1v) is 10.1. The molecule has 1 aromatic heterocycles. The van der Waals surface area contributed by atoms with Crippen molar-refractivity contribution in [2.45, 2.75) is 37.1 Å². The SMILES string of the molecule is C[C@@H](O)[C@@H](C)Oc1nc(Nc2ccc(S(=O)(=O)CCO)cc2)ncc1C(F)(F)F. The maximum atomic E-state index is 13.2. The van der Waals surface area contributed by atoms with E-state index < -0.39 is 52.0 Å². The lowest BCUT2D eigenvalue weighted by atomic mass is 10.2. The predicted molar refractivity (Wildman–Crippen MR) is 97.7 cm³/mol. The summed E-state index contributed by atoms with van der Waals surface area (Å²) in [6.45, 7) is 2.24. The Hall–Kier alpha value is -2.44. The van der Waals surface area contributed by atoms with Crippen molar-refractivity contribution in [3.05, 3.63) is 36.0 Å². The average molecular weight is 435 g/mol. The summed E-state index contributed by atoms with van der Waals surface area (Å²) in [5.74, 6) is -1.38. The highest BCUT2D eigenvalue weighted by Crippen LogP contribution is 2.36. The van der Waals surface area contributed by atoms with E-state index in [1.165, 1.54) is 38.1 Å². The molecule has 1 aromatic carbocycles. The summed E-state index contributed by atoms with van der Waals surface area (Å²) in [6, 6.07) is 5.32. The van der Waals surface area contributed by atoms with Crippen LogP contribution in [0.3, 0.4) is 0 Å². The number of hydrogen-bond donors (Lipinski definition) is 3. The number of benzene rings is 1. The number of aliphatic hydroxyl groups is 2. The molecule has 12 heteroatoms. The number of hydrogen-bond acceptors (Lipinski definition) is 8. The Labute approximate surface area is 165 Å². The smallest absolute Gasteiger partial charge is 0.423 e. The molecule has 3 N–H and O–H groups in total. The van der Waals surface area contributed by atoms with Gasteiger partial charge in [-0.3, -0.25) is 0 Å². The van der Waals surface area contributed by atoms with Crippen LogP contribution < -0.4 is 10.1 Å². The molecule has 2 aromatic rings. The zero-order chi connectivity index (χ0) is 21.8. The van der Waals surface area contributed by atoms with Gasteiger partial charge in [-0.1, -0.05) is 0 Å². The summed E-state index contributed by atoms with van der Waals surface area (Å²) in [4.78, 5) is 7.33. The first-order chi connectivity index (χ1) is 13.4. The number of alkyl halides is 3. The molecule has 0 unspecified atom stereocenters. The monoisotopic (exact) mass is 435 g/mol. The summed E-state index contributed by atoms with van der Waals surface area (Å²) >= 11 is 0. The van der Waals surface area contributed by atoms with E-state index in [0.29, 0.717) is 11.9 Å². The van der Waals surface area contributed by atoms with Crippen LogP contribution in [0.2, 0.25) is 0 Å². The lowest BCUT2D eigenvalue weighted by Crippen LogP contribution is -2.27. The molecular formula is C17H20F3N3O5S. The number of ether oxygens (including phenoxy) is 1. The first-order valence-electron chi connectivity index (χ1n) is 8.43. The van der Waals surface area contributed by atoms with E-state index in [2.05, 4.69) is 15.3 Å². The standard InChI is InChI=1S/C17H20F3N3O5S/c1-10(25)11(2)28-15-14(17(18,19)20)9-21-16(23-15)22-12-3-5-13(6-4-12)29(26,27)8-7-24/h3-6,9-11,24-25H,7-8H2,1-2H3,(H,21,22,23)/t10-,11-/m1/s1. The van der Waals surface area contributed by atoms with E-state index >= 15 is 0 Å². The lowest BCUT2D eigenvalue weighted by Gasteiger charge is -2.20. The summed E-state index contributed by atoms with van der Waals surface area (Å²) in [5.41, 5.74) is -0.872. The van der Waals surface area contributed by atoms with Gasteiger partial charge in [0.25, 0.3) is 0 Å². The van der Waals surface area contributed by atoms with Crippen LogP contribution in [0.5, 0.6) is 5.88 Å². The van der Waals surface area contributed by atoms with Gasteiger partial charge in [-0.15, -0.1) is 0 Å². The number of nitrogens with zero attached hydrogens (tertiary/aromatic N) is 2. The van der Waals surface area contributed by atoms with Crippen molar-refractivity contribution in [1.82, 2.24) is 9.97 Å². The Morgan fingerprint density at radius 2 is 1.83 bits per heavy atom. The second-order valence-electron chi connectivity index (χ2n) is 6.17. The zero-order valence-corrected chi connectivity index (χ0v) is 16.3. The Morgan fingerprint density at radius 1 is 1.21 bits per heavy atom. The van der Waals surface area contributed by atoms with Crippen LogP contribution in [-0.2, 0) is 16.0 Å². The van der Waals surface area contributed by atoms with Gasteiger partial charge in [-0.25, -0.2) is 13.4 Å². The molecule has 0 spiro atoms. The molecule has 0 fully saturated rings. The molecule has 2 atom stereocenters. The van der Waals surface area contributed by atoms with Crippen molar-refractivity contribution in [2.24, 2.45) is 0 Å². The second kappa shape index (κ2) is 8.93. The maximum Gasteiger partial charge on any atom is 0.423 e. The molecule has 0 aliphatic rings. The van der Waals surface area contributed by atoms with Crippen LogP contribution in [0.25, 0.3) is 0 Å². The van der Waals surface area contributed by atoms with Gasteiger partial charge >= 0.3 is 6.18 Å². The van der Waals surface area contributed by atoms with Gasteiger partial charge in [0, 0.05) is 11.9 Å². The molecule has 160 valence electrons. The Morgan fingerprint density at radius 3 is 2.34 bits per heavy atom. The number of aliphatic hydroxyl groups excluding tert-OH is 2. The van der Waals surface area contributed by atoms with Gasteiger partial charge in [0.05, 0.1) is 23.4 Å². The Kier molecular flexibility index (Phi) is 7.03. The number of nitrogens with one attached hydrogen (secondary N) is 1. The first kappa shape index (κ1) is 22.8. The summed E-state index contributed by atoms with van der Waals surface area (Å²) in [7, 11) is -3.63. The minimum atomic E-state index is -4.75. The van der Waals surface area contributed by atoms with Crippen LogP contribution in [0, 0.1) is 0 Å². The van der Waals surface area contributed by atoms with E-state index in [4.69, 9.17) is 9.84 Å². The van der Waals surface area contributed by atoms with Crippen LogP contribution in [0.15, 0.2) is 35.4 Å². The largest absolute Gasteiger partial charge is 0.471 e. The fraction of sp³-hybridized carbons (Fsp3) is 0.412. The predicted octanol–water partition coefficient (Wildman–Crippen LogP) is 2.15. The second-order valence-corrected chi connectivity index (χ2v) is 8.27. The van der Waals surface area contributed by atoms with Crippen LogP contribution in [0.1, 0.15) is 19.4 Å². The van der Waals surface area contributed by atoms with Crippen LogP contribution in [0.4, 0.5) is 24.8 Å². The molecule has 0 bridgehead atoms. The van der Waals surface area contributed by atoms with Crippen molar-refractivity contribution >= 4 is 21.5 Å². The minimum Gasteiger partial charge on any atom is -0.471 e. The van der Waals surface area contributed by atoms with Gasteiger partial charge < -0.3 is 20.3 Å². The molecule has 0 amide bonds. The van der Waals surface area contributed by atoms with Gasteiger partial charge in [0.2, 0.25) is 11.8 Å². The number of rotatable bonds is 8. The Balaban J connectivity index is 2.29. The molecule has 0 saturated carbocycles. The number of halogens is 3. The molecule has 8 nitrogen and oxygen atoms in total. The third-order valence-corrected chi connectivity index (χ3v) is 5.58. The fourth-order valence-corrected chi connectivity index (χ4v) is 3.12. The molecule has 29 heavy (non-hydrogen) atoms. The quantitative estimate of drug-likeness (QED) is 0.577. The van der Waals surface area contributed by atoms with E-state index in [0.717, 1.165) is 0 Å². The molecule has 0 saturated heterocycles. The molecule has 0 aliphatic carbocycles. The summed E-state index contributed by atoms with van der Waals surface area (Å²) in [5, 5.41) is 20.9. The minimum absolute atomic E-state index is 0.0137. The highest BCUT2D eigenvalue weighted by atomic mass is 32.2. The average Bonchev–Trinajstić information content (AvgIpc) is 2.61. The van der Waals surface area contributed by atoms with Crippen molar-refractivity contribution in [3.8, 4) is 5.88 Å². The van der Waals surface area contributed by atoms with Crippen molar-refractivity contribution in [1.29, 1.82) is 0 Å². The van der Waals surface area contributed by atoms with E-state index in [-0.39, 0.29) is 10.8 Å². The molecule has 0 aliphatic heterocycles. The van der Waals surface area contributed by atoms with E-state index in [1.807, 2.05) is 0 Å². The number of anilines is 2. The molecule has 2 rings (SSSR count). The lowest BCUT2D eigenvalue weighted by molar-refractivity contribution is -0.140. The van der Waals surface area contributed by atoms with Crippen molar-refractivity contribution in [2.75, 3.05) is 17.7 Å². The highest BCUT2D eigenvalue weighted by Gasteiger charge is 2.37. The van der Waals surface area contributed by atoms with Gasteiger partial charge in [-0.05, 0) is 38.1 Å². The summed E-state index contributed by atoms with van der Waals surface area (Å²) in [6.07, 6.45) is -6.18. The third kappa shape index (κ3) is 6.02. The third-order valence-electron chi connectivity index (χ3n) is 3.87. The number of sulfone groups is 1. The molecular weight excluding hydrogens is 415 g/mol. The van der Waals surface area contributed by atoms with Gasteiger partial charge in [-0.2, -0.15) is 18.2 Å². The normalized spacial score (nSPS) is 14.3. The Bertz CT molecular complexity index is 934.